The lowest BCUT2D eigenvalue weighted by molar-refractivity contribution is 0.424. The van der Waals surface area contributed by atoms with Gasteiger partial charge in [0.05, 0.1) is 17.9 Å². The van der Waals surface area contributed by atoms with Crippen LogP contribution in [0.15, 0.2) is 66.3 Å². The number of hydrogen-bond acceptors (Lipinski definition) is 2. The summed E-state index contributed by atoms with van der Waals surface area (Å²) < 4.78 is 15.0. The second-order valence-corrected chi connectivity index (χ2v) is 8.25. The van der Waals surface area contributed by atoms with Gasteiger partial charge in [-0.1, -0.05) is 68.0 Å². The highest BCUT2D eigenvalue weighted by Crippen LogP contribution is 2.46. The van der Waals surface area contributed by atoms with Crippen LogP contribution in [-0.4, -0.2) is 21.7 Å². The van der Waals surface area contributed by atoms with Crippen molar-refractivity contribution in [3.63, 3.8) is 0 Å². The number of alkyl halides is 1. The van der Waals surface area contributed by atoms with Crippen LogP contribution in [0.3, 0.4) is 0 Å². The first-order valence-electron chi connectivity index (χ1n) is 11.2. The molecule has 0 saturated heterocycles. The van der Waals surface area contributed by atoms with E-state index in [0.717, 1.165) is 54.4 Å². The number of fused-ring (bicyclic) bond motifs is 1. The van der Waals surface area contributed by atoms with Gasteiger partial charge in [0, 0.05) is 5.92 Å². The summed E-state index contributed by atoms with van der Waals surface area (Å²) in [5, 5.41) is 8.59. The van der Waals surface area contributed by atoms with E-state index in [0.29, 0.717) is 5.92 Å². The second-order valence-electron chi connectivity index (χ2n) is 8.25. The van der Waals surface area contributed by atoms with Crippen molar-refractivity contribution in [3.8, 4) is 0 Å². The number of benzene rings is 1. The van der Waals surface area contributed by atoms with Gasteiger partial charge in [0.25, 0.3) is 0 Å². The molecule has 3 nitrogen and oxygen atoms in total. The summed E-state index contributed by atoms with van der Waals surface area (Å²) in [6.07, 6.45) is 13.8. The largest absolute Gasteiger partial charge is 0.251 e. The fraction of sp³-hybridized carbons (Fsp3) is 0.462. The molecule has 4 heteroatoms. The molecule has 1 aliphatic carbocycles. The Balaban J connectivity index is 1.82. The predicted molar refractivity (Wildman–Crippen MR) is 125 cm³/mol. The second kappa shape index (κ2) is 10.5. The lowest BCUT2D eigenvalue weighted by Gasteiger charge is -2.22. The monoisotopic (exact) mass is 407 g/mol. The Hall–Kier alpha value is -2.49. The summed E-state index contributed by atoms with van der Waals surface area (Å²) in [5.41, 5.74) is 5.37. The average molecular weight is 408 g/mol. The molecular weight excluding hydrogens is 373 g/mol. The summed E-state index contributed by atoms with van der Waals surface area (Å²) in [5.74, 6) is 1.03. The van der Waals surface area contributed by atoms with E-state index in [4.69, 9.17) is 0 Å². The van der Waals surface area contributed by atoms with Gasteiger partial charge in [-0.15, -0.1) is 5.10 Å². The average Bonchev–Trinajstić information content (AvgIpc) is 3.40. The minimum absolute atomic E-state index is 0.192. The number of halogens is 1. The first-order valence-corrected chi connectivity index (χ1v) is 11.2. The standard InChI is InChI=1S/C26H34FN3/c1-5-10-20(11-6-2)24(17-21-16-22(21)18-27)19(4)14-15-23(7-3)30-26-13-9-8-12-25(26)28-29-30/h7-10,12-15,21-22,24H,4-6,11,16-18H2,1-3H3/b15-14-,20-10+,23-7+. The minimum atomic E-state index is -0.192. The topological polar surface area (TPSA) is 30.7 Å². The van der Waals surface area contributed by atoms with Gasteiger partial charge in [-0.25, -0.2) is 4.68 Å². The van der Waals surface area contributed by atoms with Gasteiger partial charge in [0.2, 0.25) is 0 Å². The fourth-order valence-corrected chi connectivity index (χ4v) is 4.26. The molecule has 3 unspecified atom stereocenters. The van der Waals surface area contributed by atoms with Crippen LogP contribution in [0.2, 0.25) is 0 Å². The Kier molecular flexibility index (Phi) is 7.78. The summed E-state index contributed by atoms with van der Waals surface area (Å²) in [6, 6.07) is 7.96. The summed E-state index contributed by atoms with van der Waals surface area (Å²) in [4.78, 5) is 0. The molecule has 1 aliphatic rings. The zero-order valence-corrected chi connectivity index (χ0v) is 18.5. The van der Waals surface area contributed by atoms with Gasteiger partial charge in [0.1, 0.15) is 5.52 Å². The molecule has 0 aliphatic heterocycles. The highest BCUT2D eigenvalue weighted by atomic mass is 19.1. The molecular formula is C26H34FN3. The molecule has 1 heterocycles. The third kappa shape index (κ3) is 5.16. The maximum absolute atomic E-state index is 13.1. The van der Waals surface area contributed by atoms with Gasteiger partial charge >= 0.3 is 0 Å². The van der Waals surface area contributed by atoms with Crippen molar-refractivity contribution in [1.29, 1.82) is 0 Å². The first-order chi connectivity index (χ1) is 14.6. The third-order valence-corrected chi connectivity index (χ3v) is 6.07. The van der Waals surface area contributed by atoms with Crippen molar-refractivity contribution in [2.24, 2.45) is 17.8 Å². The summed E-state index contributed by atoms with van der Waals surface area (Å²) >= 11 is 0. The van der Waals surface area contributed by atoms with Gasteiger partial charge in [-0.2, -0.15) is 0 Å². The van der Waals surface area contributed by atoms with Crippen LogP contribution < -0.4 is 0 Å². The lowest BCUT2D eigenvalue weighted by Crippen LogP contribution is -2.09. The van der Waals surface area contributed by atoms with Gasteiger partial charge in [-0.05, 0) is 68.2 Å². The molecule has 160 valence electrons. The van der Waals surface area contributed by atoms with Crippen LogP contribution in [0, 0.1) is 17.8 Å². The molecule has 2 aromatic rings. The molecule has 1 aromatic carbocycles. The van der Waals surface area contributed by atoms with Crippen LogP contribution in [0.1, 0.15) is 52.9 Å². The Bertz CT molecular complexity index is 950. The van der Waals surface area contributed by atoms with E-state index >= 15 is 0 Å². The molecule has 30 heavy (non-hydrogen) atoms. The number of aromatic nitrogens is 3. The van der Waals surface area contributed by atoms with Gasteiger partial charge in [-0.3, -0.25) is 4.39 Å². The minimum Gasteiger partial charge on any atom is -0.251 e. The number of nitrogens with zero attached hydrogens (tertiary/aromatic N) is 3. The SMILES string of the molecule is C=C(/C=C\C(=C/C)n1nnc2ccccc21)C(CC1CC1CF)/C(=C/CC)CCC. The quantitative estimate of drug-likeness (QED) is 0.292. The van der Waals surface area contributed by atoms with Crippen LogP contribution >= 0.6 is 0 Å². The molecule has 0 spiro atoms. The van der Waals surface area contributed by atoms with Crippen LogP contribution in [0.25, 0.3) is 16.7 Å². The number of allylic oxidation sites excluding steroid dienone is 7. The predicted octanol–water partition coefficient (Wildman–Crippen LogP) is 7.15. The van der Waals surface area contributed by atoms with Crippen molar-refractivity contribution in [3.05, 3.63) is 66.3 Å². The van der Waals surface area contributed by atoms with Gasteiger partial charge < -0.3 is 0 Å². The Morgan fingerprint density at radius 1 is 1.27 bits per heavy atom. The Labute approximate surface area is 180 Å². The van der Waals surface area contributed by atoms with Crippen molar-refractivity contribution < 1.29 is 4.39 Å². The van der Waals surface area contributed by atoms with Crippen LogP contribution in [0.4, 0.5) is 4.39 Å². The lowest BCUT2D eigenvalue weighted by atomic mass is 9.83. The molecule has 1 aromatic heterocycles. The highest BCUT2D eigenvalue weighted by molar-refractivity contribution is 5.79. The van der Waals surface area contributed by atoms with Crippen LogP contribution in [-0.2, 0) is 0 Å². The fourth-order valence-electron chi connectivity index (χ4n) is 4.26. The van der Waals surface area contributed by atoms with Crippen molar-refractivity contribution in [2.45, 2.75) is 52.9 Å². The van der Waals surface area contributed by atoms with Crippen molar-refractivity contribution in [1.82, 2.24) is 15.0 Å². The molecule has 3 rings (SSSR count). The van der Waals surface area contributed by atoms with Crippen LogP contribution in [0.5, 0.6) is 0 Å². The maximum Gasteiger partial charge on any atom is 0.113 e. The van der Waals surface area contributed by atoms with E-state index in [1.54, 1.807) is 0 Å². The zero-order valence-electron chi connectivity index (χ0n) is 18.5. The zero-order chi connectivity index (χ0) is 21.5. The number of hydrogen-bond donors (Lipinski definition) is 0. The van der Waals surface area contributed by atoms with E-state index in [2.05, 4.69) is 49.0 Å². The molecule has 0 radical (unpaired) electrons. The molecule has 3 atom stereocenters. The molecule has 1 saturated carbocycles. The Morgan fingerprint density at radius 3 is 2.73 bits per heavy atom. The summed E-state index contributed by atoms with van der Waals surface area (Å²) in [7, 11) is 0. The van der Waals surface area contributed by atoms with E-state index in [9.17, 15) is 4.39 Å². The molecule has 0 amide bonds. The number of rotatable bonds is 11. The first kappa shape index (κ1) is 22.2. The summed E-state index contributed by atoms with van der Waals surface area (Å²) in [6.45, 7) is 10.6. The van der Waals surface area contributed by atoms with E-state index in [1.807, 2.05) is 41.9 Å². The maximum atomic E-state index is 13.1. The van der Waals surface area contributed by atoms with E-state index in [-0.39, 0.29) is 18.5 Å². The third-order valence-electron chi connectivity index (χ3n) is 6.07. The normalized spacial score (nSPS) is 20.8. The number of para-hydroxylation sites is 1. The van der Waals surface area contributed by atoms with Crippen molar-refractivity contribution in [2.75, 3.05) is 6.67 Å². The van der Waals surface area contributed by atoms with Gasteiger partial charge in [0.15, 0.2) is 0 Å². The Morgan fingerprint density at radius 2 is 2.07 bits per heavy atom. The molecule has 1 fully saturated rings. The highest BCUT2D eigenvalue weighted by Gasteiger charge is 2.39. The molecule has 0 N–H and O–H groups in total. The smallest absolute Gasteiger partial charge is 0.113 e. The van der Waals surface area contributed by atoms with E-state index < -0.39 is 0 Å². The molecule has 0 bridgehead atoms. The van der Waals surface area contributed by atoms with E-state index in [1.165, 1.54) is 5.57 Å². The van der Waals surface area contributed by atoms with Crippen molar-refractivity contribution >= 4 is 16.7 Å².